The first kappa shape index (κ1) is 95.2. The molecule has 33 nitrogen and oxygen atoms in total. The number of aromatic nitrogens is 5. The molecule has 1 unspecified atom stereocenters. The average Bonchev–Trinajstić information content (AvgIpc) is 1.44. The van der Waals surface area contributed by atoms with Crippen LogP contribution in [0.4, 0.5) is 39.5 Å². The van der Waals surface area contributed by atoms with Crippen LogP contribution in [-0.4, -0.2) is 162 Å². The molecule has 43 heteroatoms. The van der Waals surface area contributed by atoms with Gasteiger partial charge in [0.15, 0.2) is 78.1 Å². The van der Waals surface area contributed by atoms with Crippen molar-refractivity contribution in [3.05, 3.63) is 166 Å². The molecule has 15 aliphatic rings. The van der Waals surface area contributed by atoms with Crippen LogP contribution in [0.15, 0.2) is 118 Å². The molecule has 8 aromatic rings. The Morgan fingerprint density at radius 1 is 0.422 bits per heavy atom. The van der Waals surface area contributed by atoms with Crippen LogP contribution in [0.5, 0.6) is 57.5 Å². The molecule has 8 N–H and O–H groups in total. The lowest BCUT2D eigenvalue weighted by Crippen LogP contribution is -2.67. The molecular weight excluding hydrogens is 1810 g/mol. The van der Waals surface area contributed by atoms with E-state index in [9.17, 15) is 77.9 Å². The van der Waals surface area contributed by atoms with Crippen molar-refractivity contribution in [1.29, 1.82) is 0 Å². The van der Waals surface area contributed by atoms with Gasteiger partial charge in [-0.15, -0.1) is 26.3 Å². The van der Waals surface area contributed by atoms with E-state index in [0.29, 0.717) is 82.7 Å². The normalized spacial score (nSPS) is 27.8. The summed E-state index contributed by atoms with van der Waals surface area (Å²) >= 11 is 5.65. The van der Waals surface area contributed by atoms with Gasteiger partial charge < -0.3 is 94.4 Å². The number of rotatable bonds is 24. The third-order valence-corrected chi connectivity index (χ3v) is 28.7. The molecule has 12 aliphatic carbocycles. The van der Waals surface area contributed by atoms with Crippen LogP contribution in [-0.2, 0) is 26.2 Å². The molecule has 23 rings (SSSR count). The molecule has 5 aromatic carbocycles. The standard InChI is InChI=1S/C25H25F3N2O5.C24H27F3N4O5.C23H25F2N3O6.C20H22ClFN4O4/c1-15-13-23(30-22(32)16-3-2-4-17(26)11-16)7-9-24(15,10-8-23)29-21(31)14-33-18-5-6-19-20(12-18)35-25(27,28)34-19;1-13-11-22(29-21(33)20-19(25)14(2)30-31(20)3)6-8-23(13,9-7-22)28-18(32)12-34-15-4-5-16-17(10-15)36-24(26,27)35-16;1-13-11-21(27-20(30)18-9-14(2)28-34-18)5-7-22(13,8-6-21)26-19(29)12-31-15-3-4-16-17(10-15)33-23(24,25)32-16;1-12-9-19(25-18(28)16-10-23-30-26-16)4-6-20(12,7-5-19)24-17(27)11-29-13-2-3-14(21)15(22)8-13/h2-6,11-12,15H,7-10,13-14H2,1H3,(H,29,31)(H,30,32);4-5,10,13H,6-9,11-12H2,1-3H3,(H,28,32)(H,29,33);3-4,9-10,13H,5-8,11-12H2,1-2H3,(H,26,29)(H,27,30);2-3,8,10,12H,4-7,9,11H2,1H3,(H,24,27)(H,25,28)/t15-,23?,24?;13-,22?,23?;13-,21?,22?;/m000./s1. The van der Waals surface area contributed by atoms with Gasteiger partial charge in [-0.1, -0.05) is 55.7 Å². The van der Waals surface area contributed by atoms with Gasteiger partial charge in [-0.05, 0) is 238 Å². The lowest BCUT2D eigenvalue weighted by molar-refractivity contribution is -0.287. The Bertz CT molecular complexity index is 5850. The fraction of sp³-hybridized carbons (Fsp3) is 0.500. The number of aryl methyl sites for hydroxylation is 3. The predicted octanol–water partition coefficient (Wildman–Crippen LogP) is 13.6. The summed E-state index contributed by atoms with van der Waals surface area (Å²) in [6.07, 6.45) is 4.11. The van der Waals surface area contributed by atoms with Crippen LogP contribution < -0.4 is 89.9 Å². The molecule has 0 spiro atoms. The maximum absolute atomic E-state index is 14.4. The maximum Gasteiger partial charge on any atom is 0.586 e. The fourth-order valence-electron chi connectivity index (χ4n) is 21.2. The molecule has 12 fully saturated rings. The topological polar surface area (TPSA) is 408 Å². The number of carbonyl (C=O) groups is 8. The SMILES string of the molecule is CC1CC2(NC(=O)c3cnon3)CCC1(NC(=O)COc1ccc(Cl)c(F)c1)CC2.C[C@H]1CC2(NC(=O)c3cccc(F)c3)CCC1(NC(=O)COc1ccc3c(c1)OC(F)(F)O3)CC2.Cc1cc(C(=O)NC23CCC(NC(=O)COc4ccc5c(c4)OC(F)(F)O5)(CC2)[C@@H](C)C3)on1.Cc1nn(C)c(C(=O)NC23CCC(NC(=O)COc4ccc5c(c4)OC(F)(F)O5)(CC2)[C@@H](C)C3)c1F. The third kappa shape index (κ3) is 20.8. The van der Waals surface area contributed by atoms with Crippen LogP contribution >= 0.6 is 11.6 Å². The van der Waals surface area contributed by atoms with E-state index in [0.717, 1.165) is 57.4 Å². The monoisotopic (exact) mass is 1910 g/mol. The first-order valence-corrected chi connectivity index (χ1v) is 44.6. The van der Waals surface area contributed by atoms with Gasteiger partial charge in [-0.25, -0.2) is 17.8 Å². The van der Waals surface area contributed by atoms with Gasteiger partial charge in [0.2, 0.25) is 5.76 Å². The van der Waals surface area contributed by atoms with Crippen molar-refractivity contribution < 1.29 is 134 Å². The summed E-state index contributed by atoms with van der Waals surface area (Å²) in [5, 5.41) is 39.7. The molecule has 0 saturated heterocycles. The zero-order valence-electron chi connectivity index (χ0n) is 74.4. The van der Waals surface area contributed by atoms with Gasteiger partial charge >= 0.3 is 18.9 Å². The van der Waals surface area contributed by atoms with E-state index in [1.54, 1.807) is 19.1 Å². The first-order chi connectivity index (χ1) is 63.9. The summed E-state index contributed by atoms with van der Waals surface area (Å²) in [4.78, 5) is 101. The Morgan fingerprint density at radius 2 is 0.778 bits per heavy atom. The third-order valence-electron chi connectivity index (χ3n) is 28.4. The van der Waals surface area contributed by atoms with Crippen LogP contribution in [0, 0.1) is 55.0 Å². The molecule has 722 valence electrons. The molecule has 6 heterocycles. The number of carbonyl (C=O) groups excluding carboxylic acids is 8. The Morgan fingerprint density at radius 3 is 1.11 bits per heavy atom. The number of alkyl halides is 6. The summed E-state index contributed by atoms with van der Waals surface area (Å²) < 4.78 is 179. The number of nitrogens with zero attached hydrogens (tertiary/aromatic N) is 5. The lowest BCUT2D eigenvalue weighted by Gasteiger charge is -2.57. The zero-order chi connectivity index (χ0) is 96.2. The summed E-state index contributed by atoms with van der Waals surface area (Å²) in [7, 11) is 1.54. The summed E-state index contributed by atoms with van der Waals surface area (Å²) in [5.74, 6) is -3.53. The van der Waals surface area contributed by atoms with Gasteiger partial charge in [0, 0.05) is 87.3 Å². The Hall–Kier alpha value is -12.9. The van der Waals surface area contributed by atoms with E-state index in [1.165, 1.54) is 110 Å². The molecule has 8 bridgehead atoms. The van der Waals surface area contributed by atoms with Crippen molar-refractivity contribution in [2.45, 2.75) is 233 Å². The van der Waals surface area contributed by atoms with Gasteiger partial charge in [-0.3, -0.25) is 43.0 Å². The molecule has 3 aromatic heterocycles. The number of halogens is 10. The second-order valence-electron chi connectivity index (χ2n) is 37.2. The Labute approximate surface area is 771 Å². The lowest BCUT2D eigenvalue weighted by atomic mass is 9.56. The second kappa shape index (κ2) is 36.7. The van der Waals surface area contributed by atoms with Gasteiger partial charge in [-0.2, -0.15) is 5.10 Å². The maximum atomic E-state index is 14.4. The molecular formula is C92H99ClF9N13O20. The Balaban J connectivity index is 0.000000131. The summed E-state index contributed by atoms with van der Waals surface area (Å²) in [6, 6.07) is 23.2. The minimum atomic E-state index is -3.73. The van der Waals surface area contributed by atoms with Crippen LogP contribution in [0.2, 0.25) is 5.02 Å². The number of ether oxygens (including phenoxy) is 10. The van der Waals surface area contributed by atoms with Crippen molar-refractivity contribution in [1.82, 2.24) is 67.8 Å². The highest BCUT2D eigenvalue weighted by Crippen LogP contribution is 2.56. The van der Waals surface area contributed by atoms with Crippen molar-refractivity contribution in [2.24, 2.45) is 30.7 Å². The van der Waals surface area contributed by atoms with Crippen LogP contribution in [0.1, 0.15) is 209 Å². The number of benzene rings is 5. The molecule has 135 heavy (non-hydrogen) atoms. The highest BCUT2D eigenvalue weighted by molar-refractivity contribution is 6.30. The van der Waals surface area contributed by atoms with E-state index < -0.39 is 58.9 Å². The molecule has 4 atom stereocenters. The van der Waals surface area contributed by atoms with Gasteiger partial charge in [0.25, 0.3) is 47.3 Å². The van der Waals surface area contributed by atoms with Crippen molar-refractivity contribution >= 4 is 58.9 Å². The van der Waals surface area contributed by atoms with Crippen molar-refractivity contribution in [3.8, 4) is 57.5 Å². The minimum absolute atomic E-state index is 0.000634. The van der Waals surface area contributed by atoms with Crippen LogP contribution in [0.25, 0.3) is 0 Å². The molecule has 3 aliphatic heterocycles. The minimum Gasteiger partial charge on any atom is -0.484 e. The Kier molecular flexibility index (Phi) is 25.9. The molecule has 8 amide bonds. The average molecular weight is 1910 g/mol. The molecule has 0 radical (unpaired) electrons. The van der Waals surface area contributed by atoms with Gasteiger partial charge in [0.05, 0.1) is 16.4 Å². The van der Waals surface area contributed by atoms with Crippen molar-refractivity contribution in [2.75, 3.05) is 26.4 Å². The fourth-order valence-corrected chi connectivity index (χ4v) is 21.4. The first-order valence-electron chi connectivity index (χ1n) is 44.2. The van der Waals surface area contributed by atoms with E-state index in [2.05, 4.69) is 110 Å². The van der Waals surface area contributed by atoms with E-state index in [1.807, 2.05) is 13.8 Å². The second-order valence-corrected chi connectivity index (χ2v) is 37.6. The summed E-state index contributed by atoms with van der Waals surface area (Å²) in [6.45, 7) is 10.4. The van der Waals surface area contributed by atoms with Gasteiger partial charge in [0.1, 0.15) is 40.8 Å². The number of hydrogen-bond acceptors (Lipinski definition) is 24. The molecule has 12 saturated carbocycles. The zero-order valence-corrected chi connectivity index (χ0v) is 75.1. The smallest absolute Gasteiger partial charge is 0.484 e. The van der Waals surface area contributed by atoms with Crippen molar-refractivity contribution in [3.63, 3.8) is 0 Å². The van der Waals surface area contributed by atoms with E-state index >= 15 is 0 Å². The number of amides is 8. The van der Waals surface area contributed by atoms with E-state index in [-0.39, 0.29) is 210 Å². The number of hydrogen-bond donors (Lipinski definition) is 8. The van der Waals surface area contributed by atoms with E-state index in [4.69, 9.17) is 35.1 Å². The highest BCUT2D eigenvalue weighted by Gasteiger charge is 2.59. The quantitative estimate of drug-likeness (QED) is 0.0260. The largest absolute Gasteiger partial charge is 0.586 e. The number of nitrogens with one attached hydrogen (secondary N) is 8. The highest BCUT2D eigenvalue weighted by atomic mass is 35.5. The van der Waals surface area contributed by atoms with Crippen LogP contribution in [0.3, 0.4) is 0 Å². The predicted molar refractivity (Wildman–Crippen MR) is 454 cm³/mol. The summed E-state index contributed by atoms with van der Waals surface area (Å²) in [5.41, 5.74) is -1.94. The number of fused-ring (bicyclic) bond motifs is 15.